The minimum Gasteiger partial charge on any atom is -0.481 e. The monoisotopic (exact) mass is 458 g/mol. The fourth-order valence-corrected chi connectivity index (χ4v) is 4.26. The normalized spacial score (nSPS) is 11.9. The number of anilines is 1. The van der Waals surface area contributed by atoms with E-state index >= 15 is 0 Å². The summed E-state index contributed by atoms with van der Waals surface area (Å²) in [5, 5.41) is 14.4. The number of carboxylic acids is 1. The van der Waals surface area contributed by atoms with Crippen LogP contribution in [0.2, 0.25) is 0 Å². The maximum absolute atomic E-state index is 12.2. The maximum Gasteiger partial charge on any atom is 0.407 e. The van der Waals surface area contributed by atoms with Gasteiger partial charge in [-0.15, -0.1) is 0 Å². The van der Waals surface area contributed by atoms with Crippen LogP contribution in [0.1, 0.15) is 35.4 Å². The number of carbonyl (C=O) groups is 3. The Morgan fingerprint density at radius 1 is 0.853 bits per heavy atom. The Labute approximate surface area is 197 Å². The number of hydrogen-bond acceptors (Lipinski definition) is 4. The lowest BCUT2D eigenvalue weighted by molar-refractivity contribution is -0.136. The second kappa shape index (κ2) is 10.7. The Balaban J connectivity index is 1.22. The van der Waals surface area contributed by atoms with Crippen LogP contribution in [-0.4, -0.2) is 36.2 Å². The number of carboxylic acid groups (broad SMARTS) is 1. The van der Waals surface area contributed by atoms with Gasteiger partial charge in [0.1, 0.15) is 6.61 Å². The van der Waals surface area contributed by atoms with Gasteiger partial charge in [0.2, 0.25) is 5.91 Å². The highest BCUT2D eigenvalue weighted by Crippen LogP contribution is 2.44. The van der Waals surface area contributed by atoms with Crippen LogP contribution in [0.15, 0.2) is 72.8 Å². The molecular weight excluding hydrogens is 432 g/mol. The summed E-state index contributed by atoms with van der Waals surface area (Å²) in [7, 11) is 0. The number of amides is 2. The summed E-state index contributed by atoms with van der Waals surface area (Å²) in [4.78, 5) is 35.4. The molecule has 0 saturated carbocycles. The van der Waals surface area contributed by atoms with Gasteiger partial charge >= 0.3 is 12.1 Å². The van der Waals surface area contributed by atoms with Gasteiger partial charge in [0, 0.05) is 24.6 Å². The molecule has 7 nitrogen and oxygen atoms in total. The smallest absolute Gasteiger partial charge is 0.407 e. The topological polar surface area (TPSA) is 105 Å². The molecule has 34 heavy (non-hydrogen) atoms. The number of alkyl carbamates (subject to hydrolysis) is 1. The molecule has 0 aromatic heterocycles. The molecule has 0 bridgehead atoms. The predicted octanol–water partition coefficient (Wildman–Crippen LogP) is 4.57. The first-order valence-electron chi connectivity index (χ1n) is 11.2. The summed E-state index contributed by atoms with van der Waals surface area (Å²) in [6.45, 7) is 0.529. The predicted molar refractivity (Wildman–Crippen MR) is 129 cm³/mol. The van der Waals surface area contributed by atoms with Gasteiger partial charge in [-0.3, -0.25) is 9.59 Å². The molecule has 0 aliphatic heterocycles. The lowest BCUT2D eigenvalue weighted by atomic mass is 9.98. The van der Waals surface area contributed by atoms with Crippen molar-refractivity contribution in [2.24, 2.45) is 0 Å². The Bertz CT molecular complexity index is 1160. The molecule has 0 heterocycles. The molecule has 7 heteroatoms. The van der Waals surface area contributed by atoms with Gasteiger partial charge in [-0.05, 0) is 40.3 Å². The van der Waals surface area contributed by atoms with E-state index in [1.54, 1.807) is 24.3 Å². The summed E-state index contributed by atoms with van der Waals surface area (Å²) in [6.07, 6.45) is -0.0730. The van der Waals surface area contributed by atoms with Crippen LogP contribution in [0.3, 0.4) is 0 Å². The fraction of sp³-hybridized carbons (Fsp3) is 0.222. The van der Waals surface area contributed by atoms with Crippen LogP contribution in [0.25, 0.3) is 11.1 Å². The molecule has 174 valence electrons. The van der Waals surface area contributed by atoms with E-state index in [1.807, 2.05) is 24.3 Å². The molecule has 0 atom stereocenters. The third-order valence-electron chi connectivity index (χ3n) is 5.83. The molecule has 2 amide bonds. The number of para-hydroxylation sites is 1. The molecule has 0 saturated heterocycles. The Morgan fingerprint density at radius 2 is 1.47 bits per heavy atom. The highest BCUT2D eigenvalue weighted by Gasteiger charge is 2.28. The summed E-state index contributed by atoms with van der Waals surface area (Å²) in [6, 6.07) is 23.1. The lowest BCUT2D eigenvalue weighted by Gasteiger charge is -2.14. The number of benzene rings is 3. The fourth-order valence-electron chi connectivity index (χ4n) is 4.26. The third-order valence-corrected chi connectivity index (χ3v) is 5.83. The average molecular weight is 459 g/mol. The van der Waals surface area contributed by atoms with Crippen LogP contribution in [-0.2, 0) is 20.7 Å². The quantitative estimate of drug-likeness (QED) is 0.408. The molecule has 3 aromatic carbocycles. The molecule has 1 aliphatic carbocycles. The van der Waals surface area contributed by atoms with Crippen molar-refractivity contribution in [3.8, 4) is 11.1 Å². The maximum atomic E-state index is 12.2. The minimum atomic E-state index is -0.964. The highest BCUT2D eigenvalue weighted by atomic mass is 16.5. The van der Waals surface area contributed by atoms with Crippen LogP contribution in [0.4, 0.5) is 10.5 Å². The zero-order chi connectivity index (χ0) is 23.9. The summed E-state index contributed by atoms with van der Waals surface area (Å²) < 4.78 is 5.49. The first-order chi connectivity index (χ1) is 16.5. The number of aliphatic carboxylic acids is 1. The van der Waals surface area contributed by atoms with Gasteiger partial charge in [0.05, 0.1) is 6.42 Å². The number of hydrogen-bond donors (Lipinski definition) is 3. The number of ether oxygens (including phenoxy) is 1. The summed E-state index contributed by atoms with van der Waals surface area (Å²) >= 11 is 0. The van der Waals surface area contributed by atoms with Gasteiger partial charge in [0.25, 0.3) is 0 Å². The van der Waals surface area contributed by atoms with Crippen molar-refractivity contribution < 1.29 is 24.2 Å². The van der Waals surface area contributed by atoms with E-state index < -0.39 is 12.1 Å². The number of rotatable bonds is 9. The van der Waals surface area contributed by atoms with Crippen LogP contribution >= 0.6 is 0 Å². The highest BCUT2D eigenvalue weighted by molar-refractivity contribution is 5.92. The third kappa shape index (κ3) is 5.43. The van der Waals surface area contributed by atoms with Gasteiger partial charge in [0.15, 0.2) is 0 Å². The van der Waals surface area contributed by atoms with Crippen molar-refractivity contribution in [2.75, 3.05) is 18.5 Å². The molecule has 3 aromatic rings. The molecule has 0 fully saturated rings. The van der Waals surface area contributed by atoms with E-state index in [2.05, 4.69) is 34.9 Å². The molecule has 3 N–H and O–H groups in total. The SMILES string of the molecule is O=C(O)Cc1ccccc1NC(=O)CCCNC(=O)OCC1c2ccccc2-c2ccccc21. The largest absolute Gasteiger partial charge is 0.481 e. The molecule has 0 unspecified atom stereocenters. The minimum absolute atomic E-state index is 0.00482. The van der Waals surface area contributed by atoms with E-state index in [-0.39, 0.29) is 31.3 Å². The van der Waals surface area contributed by atoms with Crippen LogP contribution < -0.4 is 10.6 Å². The van der Waals surface area contributed by atoms with Crippen molar-refractivity contribution >= 4 is 23.7 Å². The number of nitrogens with one attached hydrogen (secondary N) is 2. The van der Waals surface area contributed by atoms with Crippen LogP contribution in [0.5, 0.6) is 0 Å². The molecule has 0 spiro atoms. The van der Waals surface area contributed by atoms with Crippen molar-refractivity contribution in [3.05, 3.63) is 89.5 Å². The van der Waals surface area contributed by atoms with Gasteiger partial charge in [-0.2, -0.15) is 0 Å². The molecule has 4 rings (SSSR count). The Kier molecular flexibility index (Phi) is 7.22. The van der Waals surface area contributed by atoms with Crippen molar-refractivity contribution in [3.63, 3.8) is 0 Å². The van der Waals surface area contributed by atoms with Crippen molar-refractivity contribution in [2.45, 2.75) is 25.2 Å². The number of fused-ring (bicyclic) bond motifs is 3. The standard InChI is InChI=1S/C27H26N2O5/c30-25(29-24-13-6-1-8-18(24)16-26(31)32)14-7-15-28-27(33)34-17-23-21-11-4-2-9-19(21)20-10-3-5-12-22(20)23/h1-6,8-13,23H,7,14-17H2,(H,28,33)(H,29,30)(H,31,32). The van der Waals surface area contributed by atoms with E-state index in [1.165, 1.54) is 11.1 Å². The second-order valence-electron chi connectivity index (χ2n) is 8.13. The molecular formula is C27H26N2O5. The van der Waals surface area contributed by atoms with Gasteiger partial charge in [-0.25, -0.2) is 4.79 Å². The first kappa shape index (κ1) is 23.0. The summed E-state index contributed by atoms with van der Waals surface area (Å²) in [5.41, 5.74) is 5.67. The second-order valence-corrected chi connectivity index (χ2v) is 8.13. The van der Waals surface area contributed by atoms with E-state index in [9.17, 15) is 14.4 Å². The van der Waals surface area contributed by atoms with E-state index in [0.29, 0.717) is 24.2 Å². The van der Waals surface area contributed by atoms with Gasteiger partial charge in [-0.1, -0.05) is 66.7 Å². The zero-order valence-electron chi connectivity index (χ0n) is 18.6. The molecule has 0 radical (unpaired) electrons. The van der Waals surface area contributed by atoms with Crippen LogP contribution in [0, 0.1) is 0 Å². The summed E-state index contributed by atoms with van der Waals surface area (Å²) in [5.74, 6) is -1.21. The average Bonchev–Trinajstić information content (AvgIpc) is 3.15. The van der Waals surface area contributed by atoms with Crippen molar-refractivity contribution in [1.29, 1.82) is 0 Å². The van der Waals surface area contributed by atoms with E-state index in [0.717, 1.165) is 11.1 Å². The van der Waals surface area contributed by atoms with E-state index in [4.69, 9.17) is 9.84 Å². The first-order valence-corrected chi connectivity index (χ1v) is 11.2. The molecule has 1 aliphatic rings. The Hall–Kier alpha value is -4.13. The Morgan fingerprint density at radius 3 is 2.15 bits per heavy atom. The lowest BCUT2D eigenvalue weighted by Crippen LogP contribution is -2.27. The number of carbonyl (C=O) groups excluding carboxylic acids is 2. The zero-order valence-corrected chi connectivity index (χ0v) is 18.6. The van der Waals surface area contributed by atoms with Crippen molar-refractivity contribution in [1.82, 2.24) is 5.32 Å². The van der Waals surface area contributed by atoms with Gasteiger partial charge < -0.3 is 20.5 Å².